The van der Waals surface area contributed by atoms with E-state index in [4.69, 9.17) is 11.6 Å². The predicted molar refractivity (Wildman–Crippen MR) is 144 cm³/mol. The smallest absolute Gasteiger partial charge is 0.351 e. The van der Waals surface area contributed by atoms with Crippen molar-refractivity contribution >= 4 is 39.9 Å². The molecule has 0 radical (unpaired) electrons. The highest BCUT2D eigenvalue weighted by Gasteiger charge is 2.48. The average Bonchev–Trinajstić information content (AvgIpc) is 3.53. The second-order valence-corrected chi connectivity index (χ2v) is 11.5. The maximum atomic E-state index is 13.7. The molecule has 3 atom stereocenters. The average molecular weight is 621 g/mol. The minimum absolute atomic E-state index is 0.0448. The van der Waals surface area contributed by atoms with Crippen molar-refractivity contribution in [3.8, 4) is 0 Å². The van der Waals surface area contributed by atoms with Crippen LogP contribution >= 0.6 is 22.9 Å². The fraction of sp³-hybridized carbons (Fsp3) is 0.444. The molecule has 0 aliphatic heterocycles. The van der Waals surface area contributed by atoms with Crippen LogP contribution in [0.25, 0.3) is 0 Å². The number of amides is 2. The summed E-state index contributed by atoms with van der Waals surface area (Å²) in [5.41, 5.74) is -3.05. The van der Waals surface area contributed by atoms with Crippen LogP contribution in [-0.2, 0) is 33.9 Å². The molecule has 222 valence electrons. The molecule has 2 aromatic rings. The van der Waals surface area contributed by atoms with Gasteiger partial charge in [-0.15, -0.1) is 22.9 Å². The molecule has 14 heteroatoms. The van der Waals surface area contributed by atoms with Gasteiger partial charge < -0.3 is 16.0 Å². The van der Waals surface area contributed by atoms with Gasteiger partial charge in [-0.1, -0.05) is 18.2 Å². The second kappa shape index (κ2) is 12.1. The van der Waals surface area contributed by atoms with Gasteiger partial charge in [0.25, 0.3) is 0 Å². The van der Waals surface area contributed by atoms with Crippen LogP contribution in [0.4, 0.5) is 31.5 Å². The quantitative estimate of drug-likeness (QED) is 0.238. The van der Waals surface area contributed by atoms with Crippen LogP contribution in [0.15, 0.2) is 47.4 Å². The molecule has 1 saturated carbocycles. The number of carbonyl (C=O) groups excluding carboxylic acids is 2. The number of carbonyl (C=O) groups is 2. The SMILES string of the molecule is CC(=O)Nc1nc(C2(C(=O)NCc3cc(C(F)(F)F)cc(C(F)(F)F)c3)CCC(NCC3=CCC(Cl)C=C3)C2)cs1. The molecule has 1 fully saturated rings. The number of alkyl halides is 7. The summed E-state index contributed by atoms with van der Waals surface area (Å²) in [4.78, 5) is 29.6. The molecule has 1 heterocycles. The van der Waals surface area contributed by atoms with Crippen molar-refractivity contribution in [1.82, 2.24) is 15.6 Å². The van der Waals surface area contributed by atoms with Gasteiger partial charge in [0.1, 0.15) is 0 Å². The molecular formula is C27H27ClF6N4O2S. The normalized spacial score (nSPS) is 22.9. The lowest BCUT2D eigenvalue weighted by Gasteiger charge is -2.27. The molecule has 3 unspecified atom stereocenters. The number of anilines is 1. The van der Waals surface area contributed by atoms with Crippen LogP contribution in [0.3, 0.4) is 0 Å². The van der Waals surface area contributed by atoms with E-state index in [1.54, 1.807) is 5.38 Å². The fourth-order valence-corrected chi connectivity index (χ4v) is 6.00. The summed E-state index contributed by atoms with van der Waals surface area (Å²) >= 11 is 7.20. The highest BCUT2D eigenvalue weighted by Crippen LogP contribution is 2.43. The number of thiazole rings is 1. The number of hydrogen-bond donors (Lipinski definition) is 3. The number of halogens is 7. The van der Waals surface area contributed by atoms with Gasteiger partial charge >= 0.3 is 12.4 Å². The van der Waals surface area contributed by atoms with Crippen molar-refractivity contribution in [2.45, 2.75) is 68.3 Å². The van der Waals surface area contributed by atoms with Gasteiger partial charge in [-0.3, -0.25) is 9.59 Å². The van der Waals surface area contributed by atoms with Crippen LogP contribution in [0.1, 0.15) is 55.0 Å². The molecular weight excluding hydrogens is 594 g/mol. The first-order valence-electron chi connectivity index (χ1n) is 12.7. The summed E-state index contributed by atoms with van der Waals surface area (Å²) in [6, 6.07) is 1.11. The van der Waals surface area contributed by atoms with Gasteiger partial charge in [0.2, 0.25) is 11.8 Å². The molecule has 1 aromatic carbocycles. The minimum Gasteiger partial charge on any atom is -0.351 e. The van der Waals surface area contributed by atoms with E-state index >= 15 is 0 Å². The number of rotatable bonds is 8. The van der Waals surface area contributed by atoms with Gasteiger partial charge in [0, 0.05) is 31.4 Å². The topological polar surface area (TPSA) is 83.1 Å². The number of allylic oxidation sites excluding steroid dienone is 2. The summed E-state index contributed by atoms with van der Waals surface area (Å²) in [7, 11) is 0. The number of aromatic nitrogens is 1. The Morgan fingerprint density at radius 3 is 2.37 bits per heavy atom. The third kappa shape index (κ3) is 7.69. The summed E-state index contributed by atoms with van der Waals surface area (Å²) in [6.45, 7) is 1.29. The Hall–Kier alpha value is -2.90. The molecule has 0 bridgehead atoms. The zero-order chi connectivity index (χ0) is 30.0. The number of hydrogen-bond acceptors (Lipinski definition) is 5. The standard InChI is InChI=1S/C27H27ClF6N4O2S/c1-15(39)37-24-38-22(14-41-24)25(7-6-21(11-25)35-12-16-2-4-20(28)5-3-16)23(40)36-13-17-8-18(26(29,30)31)10-19(9-17)27(32,33)34/h2-4,8-10,14,20-21,35H,5-7,11-13H2,1H3,(H,36,40)(H,37,38,39). The Morgan fingerprint density at radius 1 is 1.10 bits per heavy atom. The molecule has 4 rings (SSSR count). The zero-order valence-electron chi connectivity index (χ0n) is 21.8. The van der Waals surface area contributed by atoms with E-state index in [9.17, 15) is 35.9 Å². The number of benzene rings is 1. The summed E-state index contributed by atoms with van der Waals surface area (Å²) in [5.74, 6) is -0.928. The van der Waals surface area contributed by atoms with Crippen molar-refractivity contribution in [2.24, 2.45) is 0 Å². The fourth-order valence-electron chi connectivity index (χ4n) is 4.98. The van der Waals surface area contributed by atoms with Gasteiger partial charge in [-0.25, -0.2) is 4.98 Å². The van der Waals surface area contributed by atoms with Crippen molar-refractivity contribution in [3.63, 3.8) is 0 Å². The second-order valence-electron chi connectivity index (χ2n) is 10.1. The first kappa shape index (κ1) is 31.0. The van der Waals surface area contributed by atoms with Gasteiger partial charge in [-0.05, 0) is 55.0 Å². The zero-order valence-corrected chi connectivity index (χ0v) is 23.3. The summed E-state index contributed by atoms with van der Waals surface area (Å²) < 4.78 is 79.9. The lowest BCUT2D eigenvalue weighted by atomic mass is 9.81. The Kier molecular flexibility index (Phi) is 9.19. The monoisotopic (exact) mass is 620 g/mol. The third-order valence-electron chi connectivity index (χ3n) is 7.05. The van der Waals surface area contributed by atoms with E-state index in [2.05, 4.69) is 20.9 Å². The van der Waals surface area contributed by atoms with E-state index < -0.39 is 41.3 Å². The molecule has 1 aromatic heterocycles. The number of nitrogens with zero attached hydrogens (tertiary/aromatic N) is 1. The van der Waals surface area contributed by atoms with E-state index in [0.717, 1.165) is 16.9 Å². The first-order chi connectivity index (χ1) is 19.2. The van der Waals surface area contributed by atoms with Crippen LogP contribution in [-0.4, -0.2) is 34.8 Å². The van der Waals surface area contributed by atoms with Crippen molar-refractivity contribution in [1.29, 1.82) is 0 Å². The maximum Gasteiger partial charge on any atom is 0.416 e. The molecule has 2 amide bonds. The Labute approximate surface area is 241 Å². The Balaban J connectivity index is 1.55. The highest BCUT2D eigenvalue weighted by molar-refractivity contribution is 7.14. The van der Waals surface area contributed by atoms with E-state index in [1.165, 1.54) is 6.92 Å². The van der Waals surface area contributed by atoms with Crippen molar-refractivity contribution in [3.05, 3.63) is 69.8 Å². The molecule has 2 aliphatic rings. The predicted octanol–water partition coefficient (Wildman–Crippen LogP) is 6.33. The van der Waals surface area contributed by atoms with E-state index in [0.29, 0.717) is 43.6 Å². The van der Waals surface area contributed by atoms with Gasteiger partial charge in [0.15, 0.2) is 5.13 Å². The molecule has 0 spiro atoms. The van der Waals surface area contributed by atoms with Crippen LogP contribution < -0.4 is 16.0 Å². The number of nitrogens with one attached hydrogen (secondary N) is 3. The van der Waals surface area contributed by atoms with Crippen LogP contribution in [0.2, 0.25) is 0 Å². The Morgan fingerprint density at radius 2 is 1.78 bits per heavy atom. The van der Waals surface area contributed by atoms with Crippen molar-refractivity contribution < 1.29 is 35.9 Å². The minimum atomic E-state index is -5.00. The van der Waals surface area contributed by atoms with Crippen molar-refractivity contribution in [2.75, 3.05) is 11.9 Å². The highest BCUT2D eigenvalue weighted by atomic mass is 35.5. The lowest BCUT2D eigenvalue weighted by molar-refractivity contribution is -0.143. The maximum absolute atomic E-state index is 13.7. The summed E-state index contributed by atoms with van der Waals surface area (Å²) in [6.07, 6.45) is -2.29. The molecule has 3 N–H and O–H groups in total. The van der Waals surface area contributed by atoms with Crippen LogP contribution in [0.5, 0.6) is 0 Å². The molecule has 41 heavy (non-hydrogen) atoms. The van der Waals surface area contributed by atoms with Gasteiger partial charge in [0.05, 0.1) is 27.6 Å². The Bertz CT molecular complexity index is 1320. The van der Waals surface area contributed by atoms with Crippen LogP contribution in [0, 0.1) is 0 Å². The molecule has 0 saturated heterocycles. The van der Waals surface area contributed by atoms with E-state index in [1.807, 2.05) is 18.2 Å². The lowest BCUT2D eigenvalue weighted by Crippen LogP contribution is -2.44. The third-order valence-corrected chi connectivity index (χ3v) is 8.13. The summed E-state index contributed by atoms with van der Waals surface area (Å²) in [5, 5.41) is 10.4. The molecule has 6 nitrogen and oxygen atoms in total. The first-order valence-corrected chi connectivity index (χ1v) is 14.0. The van der Waals surface area contributed by atoms with E-state index in [-0.39, 0.29) is 40.5 Å². The molecule has 2 aliphatic carbocycles. The van der Waals surface area contributed by atoms with Gasteiger partial charge in [-0.2, -0.15) is 26.3 Å². The largest absolute Gasteiger partial charge is 0.416 e.